The van der Waals surface area contributed by atoms with Gasteiger partial charge in [0, 0.05) is 18.0 Å². The molecule has 2 aromatic rings. The lowest BCUT2D eigenvalue weighted by Crippen LogP contribution is -2.12. The molecule has 3 N–H and O–H groups in total. The summed E-state index contributed by atoms with van der Waals surface area (Å²) in [5.74, 6) is 0.727. The molecular weight excluding hydrogens is 264 g/mol. The number of ether oxygens (including phenoxy) is 1. The van der Waals surface area contributed by atoms with Crippen LogP contribution in [0, 0.1) is 0 Å². The number of hydrogen-bond donors (Lipinski definition) is 2. The van der Waals surface area contributed by atoms with Gasteiger partial charge in [-0.2, -0.15) is 0 Å². The second-order valence-electron chi connectivity index (χ2n) is 4.14. The molecule has 0 saturated heterocycles. The minimum absolute atomic E-state index is 0.443. The van der Waals surface area contributed by atoms with Crippen molar-refractivity contribution in [2.24, 2.45) is 0 Å². The normalized spacial score (nSPS) is 10.6. The lowest BCUT2D eigenvalue weighted by molar-refractivity contribution is 0.309. The van der Waals surface area contributed by atoms with Crippen molar-refractivity contribution in [2.45, 2.75) is 6.42 Å². The third-order valence-electron chi connectivity index (χ3n) is 2.64. The first kappa shape index (κ1) is 13.7. The van der Waals surface area contributed by atoms with Gasteiger partial charge in [-0.25, -0.2) is 4.98 Å². The molecule has 0 amide bonds. The van der Waals surface area contributed by atoms with Crippen molar-refractivity contribution in [1.29, 1.82) is 0 Å². The largest absolute Gasteiger partial charge is 0.491 e. The Balaban J connectivity index is 2.18. The van der Waals surface area contributed by atoms with Crippen LogP contribution in [0.2, 0.25) is 5.15 Å². The van der Waals surface area contributed by atoms with E-state index in [-0.39, 0.29) is 0 Å². The highest BCUT2D eigenvalue weighted by molar-refractivity contribution is 6.29. The average molecular weight is 281 g/mol. The molecule has 1 aromatic carbocycles. The smallest absolute Gasteiger partial charge is 0.147 e. The zero-order chi connectivity index (χ0) is 13.7. The van der Waals surface area contributed by atoms with E-state index in [1.807, 2.05) is 29.8 Å². The zero-order valence-electron chi connectivity index (χ0n) is 10.8. The summed E-state index contributed by atoms with van der Waals surface area (Å²) in [6, 6.07) is 5.52. The van der Waals surface area contributed by atoms with Gasteiger partial charge in [-0.15, -0.1) is 0 Å². The van der Waals surface area contributed by atoms with Crippen molar-refractivity contribution in [3.05, 3.63) is 35.9 Å². The van der Waals surface area contributed by atoms with Gasteiger partial charge in [0.25, 0.3) is 0 Å². The second-order valence-corrected chi connectivity index (χ2v) is 4.52. The first-order valence-corrected chi connectivity index (χ1v) is 6.45. The Kier molecular flexibility index (Phi) is 4.65. The van der Waals surface area contributed by atoms with Crippen LogP contribution in [0.3, 0.4) is 0 Å². The van der Waals surface area contributed by atoms with Crippen molar-refractivity contribution in [3.63, 3.8) is 0 Å². The van der Waals surface area contributed by atoms with Gasteiger partial charge in [-0.05, 0) is 32.1 Å². The molecule has 0 atom stereocenters. The van der Waals surface area contributed by atoms with Crippen LogP contribution in [0.5, 0.6) is 5.75 Å². The summed E-state index contributed by atoms with van der Waals surface area (Å²) in [6.07, 6.45) is 4.30. The van der Waals surface area contributed by atoms with E-state index in [1.165, 1.54) is 0 Å². The topological polar surface area (TPSA) is 65.1 Å². The number of nitrogens with one attached hydrogen (secondary N) is 1. The maximum atomic E-state index is 5.83. The van der Waals surface area contributed by atoms with Crippen LogP contribution in [0.4, 0.5) is 5.69 Å². The molecule has 0 unspecified atom stereocenters. The Morgan fingerprint density at radius 3 is 3.00 bits per heavy atom. The Bertz CT molecular complexity index is 541. The molecule has 0 radical (unpaired) electrons. The molecule has 5 nitrogen and oxygen atoms in total. The van der Waals surface area contributed by atoms with Crippen LogP contribution in [0.15, 0.2) is 30.7 Å². The molecule has 0 aliphatic heterocycles. The van der Waals surface area contributed by atoms with E-state index < -0.39 is 0 Å². The fourth-order valence-corrected chi connectivity index (χ4v) is 1.87. The van der Waals surface area contributed by atoms with Gasteiger partial charge in [0.15, 0.2) is 0 Å². The third-order valence-corrected chi connectivity index (χ3v) is 2.84. The van der Waals surface area contributed by atoms with Crippen LogP contribution < -0.4 is 15.8 Å². The highest BCUT2D eigenvalue weighted by Crippen LogP contribution is 2.26. The molecule has 0 bridgehead atoms. The van der Waals surface area contributed by atoms with Crippen molar-refractivity contribution in [3.8, 4) is 11.4 Å². The van der Waals surface area contributed by atoms with E-state index in [4.69, 9.17) is 22.1 Å². The molecule has 102 valence electrons. The number of nitrogens with zero attached hydrogens (tertiary/aromatic N) is 2. The number of nitrogen functional groups attached to an aromatic ring is 1. The third kappa shape index (κ3) is 3.62. The number of aromatic nitrogens is 2. The summed E-state index contributed by atoms with van der Waals surface area (Å²) >= 11 is 5.83. The molecule has 0 saturated carbocycles. The number of halogens is 1. The van der Waals surface area contributed by atoms with Gasteiger partial charge in [0.05, 0.1) is 12.3 Å². The van der Waals surface area contributed by atoms with Gasteiger partial charge < -0.3 is 20.4 Å². The van der Waals surface area contributed by atoms with Crippen LogP contribution in [-0.4, -0.2) is 29.8 Å². The van der Waals surface area contributed by atoms with Gasteiger partial charge in [-0.1, -0.05) is 11.6 Å². The van der Waals surface area contributed by atoms with E-state index in [2.05, 4.69) is 10.3 Å². The molecule has 1 heterocycles. The monoisotopic (exact) mass is 280 g/mol. The standard InChI is InChI=1S/C13H17ClN4O/c1-16-5-2-6-19-12-7-10(15)3-4-11(12)18-8-13(14)17-9-18/h3-4,7-9,16H,2,5-6,15H2,1H3. The first-order chi connectivity index (χ1) is 9.20. The Morgan fingerprint density at radius 1 is 1.47 bits per heavy atom. The minimum Gasteiger partial charge on any atom is -0.491 e. The highest BCUT2D eigenvalue weighted by Gasteiger charge is 2.07. The predicted octanol–water partition coefficient (Wildman–Crippen LogP) is 2.10. The molecule has 0 aliphatic rings. The number of hydrogen-bond acceptors (Lipinski definition) is 4. The number of anilines is 1. The van der Waals surface area contributed by atoms with Gasteiger partial charge in [-0.3, -0.25) is 0 Å². The van der Waals surface area contributed by atoms with E-state index in [9.17, 15) is 0 Å². The minimum atomic E-state index is 0.443. The SMILES string of the molecule is CNCCCOc1cc(N)ccc1-n1cnc(Cl)c1. The summed E-state index contributed by atoms with van der Waals surface area (Å²) < 4.78 is 7.59. The molecule has 2 rings (SSSR count). The molecular formula is C13H17ClN4O. The van der Waals surface area contributed by atoms with Crippen molar-refractivity contribution in [2.75, 3.05) is 25.9 Å². The quantitative estimate of drug-likeness (QED) is 0.628. The fourth-order valence-electron chi connectivity index (χ4n) is 1.72. The lowest BCUT2D eigenvalue weighted by atomic mass is 10.2. The van der Waals surface area contributed by atoms with Crippen molar-refractivity contribution < 1.29 is 4.74 Å². The molecule has 0 fully saturated rings. The molecule has 6 heteroatoms. The Labute approximate surface area is 117 Å². The first-order valence-electron chi connectivity index (χ1n) is 6.07. The zero-order valence-corrected chi connectivity index (χ0v) is 11.5. The number of rotatable bonds is 6. The van der Waals surface area contributed by atoms with Crippen LogP contribution in [0.25, 0.3) is 5.69 Å². The summed E-state index contributed by atoms with van der Waals surface area (Å²) in [7, 11) is 1.92. The summed E-state index contributed by atoms with van der Waals surface area (Å²) in [5, 5.41) is 3.52. The number of imidazole rings is 1. The highest BCUT2D eigenvalue weighted by atomic mass is 35.5. The second kappa shape index (κ2) is 6.45. The van der Waals surface area contributed by atoms with Gasteiger partial charge in [0.2, 0.25) is 0 Å². The summed E-state index contributed by atoms with van der Waals surface area (Å²) in [6.45, 7) is 1.54. The van der Waals surface area contributed by atoms with Crippen LogP contribution in [-0.2, 0) is 0 Å². The maximum absolute atomic E-state index is 5.83. The van der Waals surface area contributed by atoms with Crippen LogP contribution >= 0.6 is 11.6 Å². The number of nitrogens with two attached hydrogens (primary N) is 1. The number of benzene rings is 1. The van der Waals surface area contributed by atoms with Crippen LogP contribution in [0.1, 0.15) is 6.42 Å². The van der Waals surface area contributed by atoms with E-state index in [0.717, 1.165) is 24.4 Å². The lowest BCUT2D eigenvalue weighted by Gasteiger charge is -2.12. The van der Waals surface area contributed by atoms with E-state index in [1.54, 1.807) is 12.5 Å². The molecule has 19 heavy (non-hydrogen) atoms. The summed E-state index contributed by atoms with van der Waals surface area (Å²) in [5.41, 5.74) is 7.34. The Morgan fingerprint density at radius 2 is 2.32 bits per heavy atom. The maximum Gasteiger partial charge on any atom is 0.147 e. The molecule has 1 aromatic heterocycles. The van der Waals surface area contributed by atoms with Gasteiger partial charge >= 0.3 is 0 Å². The van der Waals surface area contributed by atoms with E-state index >= 15 is 0 Å². The predicted molar refractivity (Wildman–Crippen MR) is 77.0 cm³/mol. The summed E-state index contributed by atoms with van der Waals surface area (Å²) in [4.78, 5) is 4.00. The fraction of sp³-hybridized carbons (Fsp3) is 0.308. The molecule has 0 aliphatic carbocycles. The van der Waals surface area contributed by atoms with Crippen molar-refractivity contribution >= 4 is 17.3 Å². The Hall–Kier alpha value is -1.72. The van der Waals surface area contributed by atoms with Crippen molar-refractivity contribution in [1.82, 2.24) is 14.9 Å². The van der Waals surface area contributed by atoms with E-state index in [0.29, 0.717) is 17.4 Å². The van der Waals surface area contributed by atoms with Gasteiger partial charge in [0.1, 0.15) is 17.2 Å². The average Bonchev–Trinajstić information content (AvgIpc) is 2.81. The molecule has 0 spiro atoms.